The van der Waals surface area contributed by atoms with Gasteiger partial charge in [0, 0.05) is 5.39 Å². The van der Waals surface area contributed by atoms with Crippen LogP contribution in [-0.4, -0.2) is 4.98 Å². The second kappa shape index (κ2) is 9.75. The van der Waals surface area contributed by atoms with Crippen molar-refractivity contribution >= 4 is 23.1 Å². The molecule has 1 heterocycles. The third kappa shape index (κ3) is 5.49. The number of benzene rings is 3. The molecule has 0 aliphatic carbocycles. The van der Waals surface area contributed by atoms with Gasteiger partial charge in [-0.1, -0.05) is 86.7 Å². The molecule has 0 N–H and O–H groups in total. The number of rotatable bonds is 7. The molecule has 3 aromatic carbocycles. The van der Waals surface area contributed by atoms with Crippen molar-refractivity contribution in [2.24, 2.45) is 0 Å². The molecule has 0 fully saturated rings. The molecule has 156 valence electrons. The van der Waals surface area contributed by atoms with E-state index in [2.05, 4.69) is 112 Å². The molecule has 0 radical (unpaired) electrons. The van der Waals surface area contributed by atoms with E-state index in [-0.39, 0.29) is 0 Å². The SMILES string of the molecule is Cc1ccc2ccc(/C=C/c3cccc(CCCc4ccccc4C(C)C)c3)nc2c1. The van der Waals surface area contributed by atoms with E-state index in [0.717, 1.165) is 24.1 Å². The summed E-state index contributed by atoms with van der Waals surface area (Å²) in [5.41, 5.74) is 8.89. The van der Waals surface area contributed by atoms with Crippen LogP contribution in [0.1, 0.15) is 59.7 Å². The highest BCUT2D eigenvalue weighted by Gasteiger charge is 2.05. The van der Waals surface area contributed by atoms with E-state index in [1.807, 2.05) is 0 Å². The molecule has 1 heteroatoms. The van der Waals surface area contributed by atoms with Crippen LogP contribution in [-0.2, 0) is 12.8 Å². The molecule has 0 saturated carbocycles. The number of hydrogen-bond donors (Lipinski definition) is 0. The van der Waals surface area contributed by atoms with Gasteiger partial charge in [-0.3, -0.25) is 0 Å². The Hall–Kier alpha value is -3.19. The molecule has 0 aliphatic rings. The van der Waals surface area contributed by atoms with E-state index in [1.165, 1.54) is 39.6 Å². The molecule has 4 rings (SSSR count). The van der Waals surface area contributed by atoms with E-state index < -0.39 is 0 Å². The van der Waals surface area contributed by atoms with Crippen LogP contribution in [0, 0.1) is 6.92 Å². The van der Waals surface area contributed by atoms with Gasteiger partial charge < -0.3 is 0 Å². The summed E-state index contributed by atoms with van der Waals surface area (Å²) in [4.78, 5) is 4.79. The lowest BCUT2D eigenvalue weighted by molar-refractivity contribution is 0.783. The number of aryl methyl sites for hydroxylation is 3. The topological polar surface area (TPSA) is 12.9 Å². The molecule has 0 atom stereocenters. The summed E-state index contributed by atoms with van der Waals surface area (Å²) in [7, 11) is 0. The normalized spacial score (nSPS) is 11.6. The lowest BCUT2D eigenvalue weighted by Crippen LogP contribution is -1.97. The molecule has 0 unspecified atom stereocenters. The maximum atomic E-state index is 4.79. The van der Waals surface area contributed by atoms with E-state index in [9.17, 15) is 0 Å². The monoisotopic (exact) mass is 405 g/mol. The lowest BCUT2D eigenvalue weighted by atomic mass is 9.93. The molecule has 0 spiro atoms. The number of fused-ring (bicyclic) bond motifs is 1. The Morgan fingerprint density at radius 2 is 1.65 bits per heavy atom. The van der Waals surface area contributed by atoms with Gasteiger partial charge in [0.2, 0.25) is 0 Å². The first kappa shape index (κ1) is 21.1. The third-order valence-corrected chi connectivity index (χ3v) is 5.86. The number of aromatic nitrogens is 1. The lowest BCUT2D eigenvalue weighted by Gasteiger charge is -2.12. The van der Waals surface area contributed by atoms with Crippen LogP contribution in [0.15, 0.2) is 78.9 Å². The van der Waals surface area contributed by atoms with E-state index in [1.54, 1.807) is 0 Å². The molecule has 0 amide bonds. The predicted molar refractivity (Wildman–Crippen MR) is 134 cm³/mol. The molecular weight excluding hydrogens is 374 g/mol. The highest BCUT2D eigenvalue weighted by molar-refractivity contribution is 5.81. The summed E-state index contributed by atoms with van der Waals surface area (Å²) in [6.45, 7) is 6.66. The van der Waals surface area contributed by atoms with Crippen molar-refractivity contribution in [3.05, 3.63) is 112 Å². The molecule has 0 aliphatic heterocycles. The first-order valence-corrected chi connectivity index (χ1v) is 11.3. The van der Waals surface area contributed by atoms with E-state index in [4.69, 9.17) is 4.98 Å². The van der Waals surface area contributed by atoms with Gasteiger partial charge in [-0.2, -0.15) is 0 Å². The van der Waals surface area contributed by atoms with Gasteiger partial charge in [-0.15, -0.1) is 0 Å². The Bertz CT molecular complexity index is 1200. The van der Waals surface area contributed by atoms with Crippen LogP contribution in [0.5, 0.6) is 0 Å². The van der Waals surface area contributed by atoms with Gasteiger partial charge in [-0.05, 0) is 78.1 Å². The van der Waals surface area contributed by atoms with Crippen LogP contribution in [0.3, 0.4) is 0 Å². The van der Waals surface area contributed by atoms with Gasteiger partial charge in [0.25, 0.3) is 0 Å². The average Bonchev–Trinajstić information content (AvgIpc) is 2.78. The van der Waals surface area contributed by atoms with Crippen LogP contribution < -0.4 is 0 Å². The summed E-state index contributed by atoms with van der Waals surface area (Å²) in [6, 6.07) is 28.4. The van der Waals surface area contributed by atoms with Crippen molar-refractivity contribution in [1.29, 1.82) is 0 Å². The summed E-state index contributed by atoms with van der Waals surface area (Å²) < 4.78 is 0. The van der Waals surface area contributed by atoms with Crippen molar-refractivity contribution in [3.8, 4) is 0 Å². The first-order valence-electron chi connectivity index (χ1n) is 11.3. The third-order valence-electron chi connectivity index (χ3n) is 5.86. The summed E-state index contributed by atoms with van der Waals surface area (Å²) in [6.07, 6.45) is 7.68. The number of pyridine rings is 1. The fourth-order valence-electron chi connectivity index (χ4n) is 4.18. The molecule has 4 aromatic rings. The van der Waals surface area contributed by atoms with Gasteiger partial charge in [0.15, 0.2) is 0 Å². The zero-order valence-corrected chi connectivity index (χ0v) is 18.8. The Balaban J connectivity index is 1.41. The van der Waals surface area contributed by atoms with Crippen LogP contribution in [0.2, 0.25) is 0 Å². The van der Waals surface area contributed by atoms with Gasteiger partial charge >= 0.3 is 0 Å². The minimum atomic E-state index is 0.581. The Labute approximate surface area is 186 Å². The van der Waals surface area contributed by atoms with E-state index in [0.29, 0.717) is 5.92 Å². The highest BCUT2D eigenvalue weighted by atomic mass is 14.7. The minimum absolute atomic E-state index is 0.581. The van der Waals surface area contributed by atoms with Crippen molar-refractivity contribution in [2.45, 2.75) is 46.0 Å². The average molecular weight is 406 g/mol. The zero-order chi connectivity index (χ0) is 21.6. The summed E-state index contributed by atoms with van der Waals surface area (Å²) in [5.74, 6) is 0.581. The maximum Gasteiger partial charge on any atom is 0.0711 e. The largest absolute Gasteiger partial charge is 0.248 e. The Morgan fingerprint density at radius 1 is 0.806 bits per heavy atom. The Kier molecular flexibility index (Phi) is 6.62. The fourth-order valence-corrected chi connectivity index (χ4v) is 4.18. The Morgan fingerprint density at radius 3 is 2.52 bits per heavy atom. The van der Waals surface area contributed by atoms with Gasteiger partial charge in [0.05, 0.1) is 11.2 Å². The van der Waals surface area contributed by atoms with Crippen molar-refractivity contribution < 1.29 is 0 Å². The van der Waals surface area contributed by atoms with Crippen LogP contribution >= 0.6 is 0 Å². The van der Waals surface area contributed by atoms with Crippen LogP contribution in [0.4, 0.5) is 0 Å². The predicted octanol–water partition coefficient (Wildman–Crippen LogP) is 8.01. The number of hydrogen-bond acceptors (Lipinski definition) is 1. The smallest absolute Gasteiger partial charge is 0.0711 e. The molecule has 1 nitrogen and oxygen atoms in total. The zero-order valence-electron chi connectivity index (χ0n) is 18.8. The van der Waals surface area contributed by atoms with Crippen molar-refractivity contribution in [1.82, 2.24) is 4.98 Å². The second-order valence-electron chi connectivity index (χ2n) is 8.72. The quantitative estimate of drug-likeness (QED) is 0.303. The van der Waals surface area contributed by atoms with E-state index >= 15 is 0 Å². The van der Waals surface area contributed by atoms with Gasteiger partial charge in [0.1, 0.15) is 0 Å². The first-order chi connectivity index (χ1) is 15.1. The summed E-state index contributed by atoms with van der Waals surface area (Å²) in [5, 5.41) is 1.18. The molecular formula is C30H31N. The minimum Gasteiger partial charge on any atom is -0.248 e. The van der Waals surface area contributed by atoms with Gasteiger partial charge in [-0.25, -0.2) is 4.98 Å². The molecule has 1 aromatic heterocycles. The molecule has 31 heavy (non-hydrogen) atoms. The van der Waals surface area contributed by atoms with Crippen molar-refractivity contribution in [2.75, 3.05) is 0 Å². The van der Waals surface area contributed by atoms with Crippen LogP contribution in [0.25, 0.3) is 23.1 Å². The summed E-state index contributed by atoms with van der Waals surface area (Å²) >= 11 is 0. The molecule has 0 saturated heterocycles. The molecule has 0 bridgehead atoms. The van der Waals surface area contributed by atoms with Crippen molar-refractivity contribution in [3.63, 3.8) is 0 Å². The standard InChI is InChI=1S/C30H31N/c1-22(2)29-13-5-4-11-26(29)12-7-10-24-8-6-9-25(21-24)15-18-28-19-17-27-16-14-23(3)20-30(27)31-28/h4-6,8-9,11,13-22H,7,10,12H2,1-3H3/b18-15+. The highest BCUT2D eigenvalue weighted by Crippen LogP contribution is 2.21. The maximum absolute atomic E-state index is 4.79. The fraction of sp³-hybridized carbons (Fsp3) is 0.233. The number of nitrogens with zero attached hydrogens (tertiary/aromatic N) is 1. The second-order valence-corrected chi connectivity index (χ2v) is 8.72.